The molecule has 2 saturated heterocycles. The molecule has 152 valence electrons. The molecular formula is C24H26N6. The second-order valence-electron chi connectivity index (χ2n) is 8.86. The van der Waals surface area contributed by atoms with Gasteiger partial charge in [-0.2, -0.15) is 10.4 Å². The number of hydrogen-bond acceptors (Lipinski definition) is 5. The molecule has 3 aromatic rings. The minimum Gasteiger partial charge on any atom is -0.372 e. The first-order chi connectivity index (χ1) is 14.7. The van der Waals surface area contributed by atoms with Gasteiger partial charge < -0.3 is 9.80 Å². The molecule has 2 fully saturated rings. The Bertz CT molecular complexity index is 1150. The zero-order chi connectivity index (χ0) is 20.2. The summed E-state index contributed by atoms with van der Waals surface area (Å²) in [5.41, 5.74) is 7.12. The number of aromatic nitrogens is 2. The van der Waals surface area contributed by atoms with Crippen molar-refractivity contribution >= 4 is 16.9 Å². The van der Waals surface area contributed by atoms with Crippen LogP contribution in [0.15, 0.2) is 42.6 Å². The molecule has 3 aliphatic rings. The van der Waals surface area contributed by atoms with E-state index in [0.29, 0.717) is 17.8 Å². The van der Waals surface area contributed by atoms with Crippen LogP contribution in [0.3, 0.4) is 0 Å². The van der Waals surface area contributed by atoms with E-state index in [0.717, 1.165) is 25.2 Å². The third-order valence-electron chi connectivity index (χ3n) is 7.14. The van der Waals surface area contributed by atoms with E-state index in [1.807, 2.05) is 12.1 Å². The second-order valence-corrected chi connectivity index (χ2v) is 8.86. The van der Waals surface area contributed by atoms with Crippen LogP contribution >= 0.6 is 0 Å². The van der Waals surface area contributed by atoms with Crippen molar-refractivity contribution in [3.8, 4) is 6.07 Å². The number of piperazine rings is 1. The van der Waals surface area contributed by atoms with Crippen molar-refractivity contribution in [3.63, 3.8) is 0 Å². The fourth-order valence-corrected chi connectivity index (χ4v) is 5.64. The molecular weight excluding hydrogens is 372 g/mol. The number of rotatable bonds is 2. The SMILES string of the molecule is CC1CN(c2ccc(C#N)n3nccc23)CC2c3ccc(N4CCCC4)cc3CN12. The van der Waals surface area contributed by atoms with Crippen molar-refractivity contribution in [1.29, 1.82) is 5.26 Å². The largest absolute Gasteiger partial charge is 0.372 e. The first kappa shape index (κ1) is 17.8. The van der Waals surface area contributed by atoms with Crippen molar-refractivity contribution in [2.24, 2.45) is 0 Å². The van der Waals surface area contributed by atoms with Crippen LogP contribution < -0.4 is 9.80 Å². The highest BCUT2D eigenvalue weighted by Gasteiger charge is 2.39. The molecule has 2 unspecified atom stereocenters. The lowest BCUT2D eigenvalue weighted by atomic mass is 10.0. The van der Waals surface area contributed by atoms with Gasteiger partial charge in [0, 0.05) is 44.5 Å². The lowest BCUT2D eigenvalue weighted by Gasteiger charge is -2.43. The monoisotopic (exact) mass is 398 g/mol. The second kappa shape index (κ2) is 6.75. The Hall–Kier alpha value is -3.04. The molecule has 5 heterocycles. The number of pyridine rings is 1. The van der Waals surface area contributed by atoms with Crippen molar-refractivity contribution in [2.75, 3.05) is 36.0 Å². The van der Waals surface area contributed by atoms with Crippen molar-refractivity contribution in [3.05, 3.63) is 59.4 Å². The van der Waals surface area contributed by atoms with Crippen LogP contribution in [0, 0.1) is 11.3 Å². The number of fused-ring (bicyclic) bond motifs is 4. The third kappa shape index (κ3) is 2.62. The maximum atomic E-state index is 9.40. The maximum absolute atomic E-state index is 9.40. The van der Waals surface area contributed by atoms with Gasteiger partial charge in [-0.1, -0.05) is 6.07 Å². The Morgan fingerprint density at radius 2 is 1.90 bits per heavy atom. The first-order valence-electron chi connectivity index (χ1n) is 11.0. The standard InChI is InChI=1S/C24H26N6/c1-17-14-28(22-7-5-20(13-25)30-23(22)8-9-26-30)16-24-21-6-4-19(27-10-2-3-11-27)12-18(21)15-29(17)24/h4-9,12,17,24H,2-3,10-11,14-16H2,1H3. The van der Waals surface area contributed by atoms with E-state index in [1.165, 1.54) is 48.4 Å². The van der Waals surface area contributed by atoms with Gasteiger partial charge in [0.05, 0.1) is 23.4 Å². The molecule has 0 saturated carbocycles. The van der Waals surface area contributed by atoms with Gasteiger partial charge in [-0.05, 0) is 61.2 Å². The Balaban J connectivity index is 1.34. The van der Waals surface area contributed by atoms with Gasteiger partial charge in [0.25, 0.3) is 0 Å². The molecule has 6 nitrogen and oxygen atoms in total. The molecule has 2 atom stereocenters. The average Bonchev–Trinajstić information content (AvgIpc) is 3.51. The highest BCUT2D eigenvalue weighted by molar-refractivity contribution is 5.74. The van der Waals surface area contributed by atoms with Crippen LogP contribution in [0.4, 0.5) is 11.4 Å². The molecule has 1 aromatic carbocycles. The summed E-state index contributed by atoms with van der Waals surface area (Å²) in [6, 6.07) is 16.2. The number of anilines is 2. The van der Waals surface area contributed by atoms with Gasteiger partial charge in [0.2, 0.25) is 0 Å². The van der Waals surface area contributed by atoms with Crippen LogP contribution in [0.1, 0.15) is 42.6 Å². The van der Waals surface area contributed by atoms with E-state index in [-0.39, 0.29) is 0 Å². The fraction of sp³-hybridized carbons (Fsp3) is 0.417. The van der Waals surface area contributed by atoms with Crippen molar-refractivity contribution in [2.45, 2.75) is 38.4 Å². The Labute approximate surface area is 176 Å². The molecule has 0 aliphatic carbocycles. The molecule has 30 heavy (non-hydrogen) atoms. The molecule has 0 N–H and O–H groups in total. The van der Waals surface area contributed by atoms with Crippen molar-refractivity contribution in [1.82, 2.24) is 14.5 Å². The van der Waals surface area contributed by atoms with Crippen LogP contribution in [-0.4, -0.2) is 46.7 Å². The van der Waals surface area contributed by atoms with Gasteiger partial charge in [0.15, 0.2) is 0 Å². The molecule has 0 radical (unpaired) electrons. The highest BCUT2D eigenvalue weighted by Crippen LogP contribution is 2.42. The number of nitriles is 1. The Morgan fingerprint density at radius 1 is 1.03 bits per heavy atom. The van der Waals surface area contributed by atoms with E-state index in [2.05, 4.69) is 57.1 Å². The summed E-state index contributed by atoms with van der Waals surface area (Å²) in [6.45, 7) is 7.71. The molecule has 6 rings (SSSR count). The quantitative estimate of drug-likeness (QED) is 0.661. The fourth-order valence-electron chi connectivity index (χ4n) is 5.64. The topological polar surface area (TPSA) is 50.8 Å². The minimum atomic E-state index is 0.412. The summed E-state index contributed by atoms with van der Waals surface area (Å²) in [5.74, 6) is 0. The summed E-state index contributed by atoms with van der Waals surface area (Å²) < 4.78 is 1.76. The van der Waals surface area contributed by atoms with E-state index >= 15 is 0 Å². The number of hydrogen-bond donors (Lipinski definition) is 0. The predicted octanol–water partition coefficient (Wildman–Crippen LogP) is 3.57. The average molecular weight is 399 g/mol. The molecule has 6 heteroatoms. The van der Waals surface area contributed by atoms with Crippen LogP contribution in [-0.2, 0) is 6.54 Å². The van der Waals surface area contributed by atoms with E-state index < -0.39 is 0 Å². The Kier molecular flexibility index (Phi) is 4.00. The highest BCUT2D eigenvalue weighted by atomic mass is 15.3. The van der Waals surface area contributed by atoms with E-state index in [1.54, 1.807) is 10.7 Å². The van der Waals surface area contributed by atoms with Crippen LogP contribution in [0.25, 0.3) is 5.52 Å². The van der Waals surface area contributed by atoms with E-state index in [4.69, 9.17) is 0 Å². The minimum absolute atomic E-state index is 0.412. The van der Waals surface area contributed by atoms with Gasteiger partial charge in [-0.25, -0.2) is 4.52 Å². The molecule has 0 bridgehead atoms. The van der Waals surface area contributed by atoms with Gasteiger partial charge >= 0.3 is 0 Å². The molecule has 0 spiro atoms. The summed E-state index contributed by atoms with van der Waals surface area (Å²) >= 11 is 0. The molecule has 0 amide bonds. The van der Waals surface area contributed by atoms with Crippen LogP contribution in [0.2, 0.25) is 0 Å². The summed E-state index contributed by atoms with van der Waals surface area (Å²) in [7, 11) is 0. The predicted molar refractivity (Wildman–Crippen MR) is 118 cm³/mol. The van der Waals surface area contributed by atoms with Gasteiger partial charge in [0.1, 0.15) is 11.8 Å². The maximum Gasteiger partial charge on any atom is 0.142 e. The van der Waals surface area contributed by atoms with Gasteiger partial charge in [-0.3, -0.25) is 4.90 Å². The number of benzene rings is 1. The Morgan fingerprint density at radius 3 is 2.73 bits per heavy atom. The first-order valence-corrected chi connectivity index (χ1v) is 11.0. The summed E-state index contributed by atoms with van der Waals surface area (Å²) in [6.07, 6.45) is 4.40. The summed E-state index contributed by atoms with van der Waals surface area (Å²) in [4.78, 5) is 7.67. The molecule has 2 aromatic heterocycles. The van der Waals surface area contributed by atoms with E-state index in [9.17, 15) is 5.26 Å². The zero-order valence-electron chi connectivity index (χ0n) is 17.3. The lowest BCUT2D eigenvalue weighted by molar-refractivity contribution is 0.134. The normalized spacial score (nSPS) is 23.6. The smallest absolute Gasteiger partial charge is 0.142 e. The summed E-state index contributed by atoms with van der Waals surface area (Å²) in [5, 5.41) is 13.8. The lowest BCUT2D eigenvalue weighted by Crippen LogP contribution is -2.51. The van der Waals surface area contributed by atoms with Gasteiger partial charge in [-0.15, -0.1) is 0 Å². The molecule has 3 aliphatic heterocycles. The van der Waals surface area contributed by atoms with Crippen molar-refractivity contribution < 1.29 is 0 Å². The zero-order valence-corrected chi connectivity index (χ0v) is 17.3. The van der Waals surface area contributed by atoms with Crippen LogP contribution in [0.5, 0.6) is 0 Å². The third-order valence-corrected chi connectivity index (χ3v) is 7.14. The number of nitrogens with zero attached hydrogens (tertiary/aromatic N) is 6.